The lowest BCUT2D eigenvalue weighted by Gasteiger charge is -2.22. The summed E-state index contributed by atoms with van der Waals surface area (Å²) in [6.07, 6.45) is 7.01. The van der Waals surface area contributed by atoms with Gasteiger partial charge in [0.05, 0.1) is 6.04 Å². The summed E-state index contributed by atoms with van der Waals surface area (Å²) in [7, 11) is 1.00. The van der Waals surface area contributed by atoms with Crippen LogP contribution in [0.5, 0.6) is 0 Å². The monoisotopic (exact) mass is 467 g/mol. The standard InChI is InChI=1S/C13H17NO.C7H12O.CH4O.CH4.ClH.2H2S/c1-11(15)13-8-5-9-14(13)10-12-6-3-2-4-7-12;1-6(8)7-4-2-3-5-7;1-2;;;;/h2-4,6-7,13H,5,8-10H2,1H3;7H,2-5H2,1H3;2H,1H3;1H4;1H;2*1H2/t13-;;;;;;/m0....../s1. The van der Waals surface area contributed by atoms with Gasteiger partial charge in [0.25, 0.3) is 0 Å². The molecule has 1 aliphatic heterocycles. The van der Waals surface area contributed by atoms with E-state index in [1.165, 1.54) is 18.4 Å². The first kappa shape index (κ1) is 35.9. The van der Waals surface area contributed by atoms with Gasteiger partial charge in [-0.25, -0.2) is 0 Å². The third-order valence-corrected chi connectivity index (χ3v) is 4.99. The lowest BCUT2D eigenvalue weighted by molar-refractivity contribution is -0.121. The van der Waals surface area contributed by atoms with Crippen molar-refractivity contribution in [3.05, 3.63) is 35.9 Å². The lowest BCUT2D eigenvalue weighted by atomic mass is 10.0. The van der Waals surface area contributed by atoms with Crippen molar-refractivity contribution in [1.82, 2.24) is 4.90 Å². The van der Waals surface area contributed by atoms with Gasteiger partial charge in [-0.2, -0.15) is 27.0 Å². The van der Waals surface area contributed by atoms with Gasteiger partial charge in [0, 0.05) is 19.6 Å². The van der Waals surface area contributed by atoms with E-state index in [0.29, 0.717) is 17.5 Å². The molecule has 7 heteroatoms. The Morgan fingerprint density at radius 3 is 1.86 bits per heavy atom. The van der Waals surface area contributed by atoms with E-state index in [2.05, 4.69) is 17.0 Å². The van der Waals surface area contributed by atoms with Crippen LogP contribution in [-0.4, -0.2) is 41.3 Å². The lowest BCUT2D eigenvalue weighted by Crippen LogP contribution is -2.34. The third-order valence-electron chi connectivity index (χ3n) is 4.99. The number of carbonyl (C=O) groups is 2. The number of rotatable bonds is 4. The van der Waals surface area contributed by atoms with Gasteiger partial charge in [0.1, 0.15) is 11.6 Å². The Bertz CT molecular complexity index is 526. The predicted octanol–water partition coefficient (Wildman–Crippen LogP) is 4.90. The van der Waals surface area contributed by atoms with Crippen molar-refractivity contribution < 1.29 is 14.7 Å². The fraction of sp³-hybridized carbons (Fsp3) is 0.636. The molecule has 1 N–H and O–H groups in total. The molecule has 1 aromatic rings. The minimum atomic E-state index is 0. The van der Waals surface area contributed by atoms with E-state index < -0.39 is 0 Å². The van der Waals surface area contributed by atoms with Crippen molar-refractivity contribution in [1.29, 1.82) is 0 Å². The smallest absolute Gasteiger partial charge is 0.146 e. The van der Waals surface area contributed by atoms with Gasteiger partial charge in [0.15, 0.2) is 0 Å². The molecule has 4 nitrogen and oxygen atoms in total. The molecule has 1 saturated heterocycles. The molecule has 1 aliphatic carbocycles. The maximum Gasteiger partial charge on any atom is 0.146 e. The van der Waals surface area contributed by atoms with Gasteiger partial charge in [-0.3, -0.25) is 14.5 Å². The van der Waals surface area contributed by atoms with E-state index in [9.17, 15) is 9.59 Å². The summed E-state index contributed by atoms with van der Waals surface area (Å²) in [5.41, 5.74) is 1.30. The fourth-order valence-electron chi connectivity index (χ4n) is 3.63. The maximum absolute atomic E-state index is 11.4. The normalized spacial score (nSPS) is 17.4. The van der Waals surface area contributed by atoms with Crippen molar-refractivity contribution in [2.24, 2.45) is 5.92 Å². The number of Topliss-reactive ketones (excluding diaryl/α,β-unsaturated/α-hetero) is 2. The Balaban J connectivity index is -0.000000195. The number of hydrogen-bond donors (Lipinski definition) is 1. The molecule has 0 unspecified atom stereocenters. The minimum absolute atomic E-state index is 0. The van der Waals surface area contributed by atoms with Crippen LogP contribution in [0.1, 0.15) is 65.4 Å². The zero-order valence-electron chi connectivity index (χ0n) is 17.3. The number of nitrogens with zero attached hydrogens (tertiary/aromatic N) is 1. The number of aliphatic hydroxyl groups excluding tert-OH is 1. The van der Waals surface area contributed by atoms with Crippen molar-refractivity contribution >= 4 is 51.0 Å². The molecule has 0 amide bonds. The van der Waals surface area contributed by atoms with Crippen molar-refractivity contribution in [3.63, 3.8) is 0 Å². The summed E-state index contributed by atoms with van der Waals surface area (Å²) in [6, 6.07) is 10.5. The molecule has 0 bridgehead atoms. The molecule has 0 aromatic heterocycles. The number of ketones is 2. The zero-order valence-corrected chi connectivity index (χ0v) is 20.1. The molecular formula is C22H42ClNO3S2. The molecule has 1 aromatic carbocycles. The highest BCUT2D eigenvalue weighted by molar-refractivity contribution is 7.59. The number of hydrogen-bond acceptors (Lipinski definition) is 4. The topological polar surface area (TPSA) is 57.6 Å². The Labute approximate surface area is 198 Å². The largest absolute Gasteiger partial charge is 0.400 e. The Hall–Kier alpha value is -0.530. The predicted molar refractivity (Wildman–Crippen MR) is 136 cm³/mol. The molecule has 2 fully saturated rings. The number of carbonyl (C=O) groups excluding carboxylic acids is 2. The maximum atomic E-state index is 11.4. The first-order chi connectivity index (χ1) is 12.1. The zero-order chi connectivity index (χ0) is 18.7. The number of aliphatic hydroxyl groups is 1. The highest BCUT2D eigenvalue weighted by atomic mass is 35.5. The molecule has 3 rings (SSSR count). The van der Waals surface area contributed by atoms with Crippen LogP contribution in [-0.2, 0) is 16.1 Å². The average Bonchev–Trinajstić information content (AvgIpc) is 3.30. The second-order valence-electron chi connectivity index (χ2n) is 6.82. The van der Waals surface area contributed by atoms with Crippen LogP contribution in [0, 0.1) is 5.92 Å². The molecule has 2 aliphatic rings. The van der Waals surface area contributed by atoms with Gasteiger partial charge >= 0.3 is 0 Å². The van der Waals surface area contributed by atoms with E-state index in [1.54, 1.807) is 13.8 Å². The van der Waals surface area contributed by atoms with E-state index in [0.717, 1.165) is 45.9 Å². The van der Waals surface area contributed by atoms with Crippen molar-refractivity contribution in [2.45, 2.75) is 72.4 Å². The van der Waals surface area contributed by atoms with Gasteiger partial charge in [-0.15, -0.1) is 12.4 Å². The number of halogens is 1. The molecule has 1 heterocycles. The first-order valence-corrected chi connectivity index (χ1v) is 9.31. The molecule has 1 atom stereocenters. The van der Waals surface area contributed by atoms with E-state index in [1.807, 2.05) is 18.2 Å². The number of likely N-dealkylation sites (tertiary alicyclic amines) is 1. The fourth-order valence-corrected chi connectivity index (χ4v) is 3.63. The van der Waals surface area contributed by atoms with Crippen LogP contribution < -0.4 is 0 Å². The van der Waals surface area contributed by atoms with Crippen LogP contribution in [0.3, 0.4) is 0 Å². The Kier molecular flexibility index (Phi) is 25.6. The van der Waals surface area contributed by atoms with Gasteiger partial charge in [-0.1, -0.05) is 50.6 Å². The summed E-state index contributed by atoms with van der Waals surface area (Å²) >= 11 is 0. The molecule has 1 saturated carbocycles. The molecule has 29 heavy (non-hydrogen) atoms. The summed E-state index contributed by atoms with van der Waals surface area (Å²) in [5.74, 6) is 1.13. The Morgan fingerprint density at radius 1 is 0.931 bits per heavy atom. The summed E-state index contributed by atoms with van der Waals surface area (Å²) in [4.78, 5) is 24.3. The van der Waals surface area contributed by atoms with Crippen LogP contribution in [0.15, 0.2) is 30.3 Å². The summed E-state index contributed by atoms with van der Waals surface area (Å²) in [5, 5.41) is 7.00. The van der Waals surface area contributed by atoms with Gasteiger partial charge in [-0.05, 0) is 51.6 Å². The second-order valence-corrected chi connectivity index (χ2v) is 6.82. The van der Waals surface area contributed by atoms with Crippen LogP contribution in [0.2, 0.25) is 0 Å². The molecule has 0 radical (unpaired) electrons. The third kappa shape index (κ3) is 13.4. The molecule has 172 valence electrons. The van der Waals surface area contributed by atoms with E-state index in [-0.39, 0.29) is 52.9 Å². The van der Waals surface area contributed by atoms with Gasteiger partial charge in [0.2, 0.25) is 0 Å². The van der Waals surface area contributed by atoms with Crippen LogP contribution >= 0.6 is 39.4 Å². The molecular weight excluding hydrogens is 426 g/mol. The summed E-state index contributed by atoms with van der Waals surface area (Å²) < 4.78 is 0. The van der Waals surface area contributed by atoms with Crippen molar-refractivity contribution in [3.8, 4) is 0 Å². The van der Waals surface area contributed by atoms with Crippen molar-refractivity contribution in [2.75, 3.05) is 13.7 Å². The van der Waals surface area contributed by atoms with E-state index >= 15 is 0 Å². The minimum Gasteiger partial charge on any atom is -0.400 e. The Morgan fingerprint density at radius 2 is 1.45 bits per heavy atom. The second kappa shape index (κ2) is 20.7. The van der Waals surface area contributed by atoms with Gasteiger partial charge < -0.3 is 5.11 Å². The first-order valence-electron chi connectivity index (χ1n) is 9.31. The average molecular weight is 468 g/mol. The molecule has 0 spiro atoms. The highest BCUT2D eigenvalue weighted by Crippen LogP contribution is 2.24. The van der Waals surface area contributed by atoms with E-state index in [4.69, 9.17) is 5.11 Å². The number of benzene rings is 1. The van der Waals surface area contributed by atoms with Crippen LogP contribution in [0.25, 0.3) is 0 Å². The highest BCUT2D eigenvalue weighted by Gasteiger charge is 2.27. The summed E-state index contributed by atoms with van der Waals surface area (Å²) in [6.45, 7) is 5.37. The SMILES string of the molecule is C.CC(=O)C1CCCC1.CC(=O)[C@@H]1CCCN1Cc1ccccc1.CO.Cl.S.S. The van der Waals surface area contributed by atoms with Crippen LogP contribution in [0.4, 0.5) is 0 Å². The quantitative estimate of drug-likeness (QED) is 0.684.